The van der Waals surface area contributed by atoms with Crippen LogP contribution < -0.4 is 19.9 Å². The normalized spacial score (nSPS) is 24.3. The van der Waals surface area contributed by atoms with E-state index in [1.807, 2.05) is 23.1 Å². The maximum atomic E-state index is 12.7. The van der Waals surface area contributed by atoms with Crippen LogP contribution in [0.15, 0.2) is 18.2 Å². The average Bonchev–Trinajstić information content (AvgIpc) is 3.02. The molecule has 0 aliphatic carbocycles. The molecule has 3 aliphatic rings. The maximum Gasteiger partial charge on any atom is 0.245 e. The zero-order valence-electron chi connectivity index (χ0n) is 11.2. The van der Waals surface area contributed by atoms with E-state index in [4.69, 9.17) is 4.74 Å². The minimum absolute atomic E-state index is 0.0492. The van der Waals surface area contributed by atoms with Gasteiger partial charge in [-0.3, -0.25) is 10.1 Å². The molecule has 3 aliphatic heterocycles. The van der Waals surface area contributed by atoms with Gasteiger partial charge in [0.25, 0.3) is 0 Å². The third kappa shape index (κ3) is 1.86. The molecule has 20 heavy (non-hydrogen) atoms. The number of thioether (sulfide) groups is 1. The highest BCUT2D eigenvalue weighted by Crippen LogP contribution is 2.42. The number of rotatable bonds is 1. The van der Waals surface area contributed by atoms with Gasteiger partial charge in [-0.05, 0) is 12.1 Å². The fourth-order valence-corrected chi connectivity index (χ4v) is 4.01. The molecule has 0 spiro atoms. The Hall–Kier alpha value is -1.40. The predicted molar refractivity (Wildman–Crippen MR) is 80.8 cm³/mol. The van der Waals surface area contributed by atoms with Crippen molar-refractivity contribution in [2.45, 2.75) is 6.04 Å². The lowest BCUT2D eigenvalue weighted by atomic mass is 10.1. The predicted octanol–water partition coefficient (Wildman–Crippen LogP) is 0.895. The number of hydrogen-bond acceptors (Lipinski definition) is 5. The molecular formula is C14H17N3O2S. The lowest BCUT2D eigenvalue weighted by Crippen LogP contribution is -2.52. The number of ether oxygens (including phenoxy) is 1. The van der Waals surface area contributed by atoms with Gasteiger partial charge in [-0.1, -0.05) is 6.07 Å². The van der Waals surface area contributed by atoms with Crippen molar-refractivity contribution >= 4 is 29.0 Å². The first-order chi connectivity index (χ1) is 9.84. The van der Waals surface area contributed by atoms with Gasteiger partial charge in [0.05, 0.1) is 18.3 Å². The molecule has 1 N–H and O–H groups in total. The molecule has 1 aromatic rings. The second-order valence-corrected chi connectivity index (χ2v) is 6.25. The molecule has 1 amide bonds. The Kier molecular flexibility index (Phi) is 3.00. The average molecular weight is 291 g/mol. The summed E-state index contributed by atoms with van der Waals surface area (Å²) in [6.45, 7) is 3.28. The smallest absolute Gasteiger partial charge is 0.245 e. The quantitative estimate of drug-likeness (QED) is 0.833. The van der Waals surface area contributed by atoms with Crippen LogP contribution in [-0.4, -0.2) is 49.8 Å². The van der Waals surface area contributed by atoms with Gasteiger partial charge in [-0.15, -0.1) is 11.8 Å². The summed E-state index contributed by atoms with van der Waals surface area (Å²) in [5, 5.41) is 3.27. The van der Waals surface area contributed by atoms with Crippen molar-refractivity contribution < 1.29 is 9.53 Å². The van der Waals surface area contributed by atoms with E-state index in [1.165, 1.54) is 0 Å². The summed E-state index contributed by atoms with van der Waals surface area (Å²) in [5.41, 5.74) is 2.08. The molecule has 0 bridgehead atoms. The van der Waals surface area contributed by atoms with Crippen LogP contribution >= 0.6 is 11.8 Å². The van der Waals surface area contributed by atoms with Crippen LogP contribution in [0.3, 0.4) is 0 Å². The summed E-state index contributed by atoms with van der Waals surface area (Å²) in [5.74, 6) is 2.82. The molecule has 106 valence electrons. The Morgan fingerprint density at radius 1 is 1.35 bits per heavy atom. The zero-order chi connectivity index (χ0) is 13.5. The number of hydrogen-bond donors (Lipinski definition) is 1. The van der Waals surface area contributed by atoms with Gasteiger partial charge in [-0.2, -0.15) is 0 Å². The number of nitrogens with one attached hydrogen (secondary N) is 1. The van der Waals surface area contributed by atoms with Crippen molar-refractivity contribution in [2.24, 2.45) is 0 Å². The van der Waals surface area contributed by atoms with Gasteiger partial charge in [0.1, 0.15) is 18.0 Å². The number of anilines is 2. The molecule has 0 aromatic heterocycles. The third-order valence-electron chi connectivity index (χ3n) is 4.08. The molecule has 1 aromatic carbocycles. The zero-order valence-corrected chi connectivity index (χ0v) is 12.0. The van der Waals surface area contributed by atoms with Crippen molar-refractivity contribution in [1.29, 1.82) is 0 Å². The summed E-state index contributed by atoms with van der Waals surface area (Å²) in [7, 11) is 0. The highest BCUT2D eigenvalue weighted by atomic mass is 32.2. The molecule has 0 radical (unpaired) electrons. The lowest BCUT2D eigenvalue weighted by Gasteiger charge is -2.41. The third-order valence-corrected chi connectivity index (χ3v) is 5.02. The standard InChI is InChI=1S/C14H17N3O2S/c18-14(10-8-20-9-15-10)17-5-4-16-6-7-19-12-3-1-2-11(17)13(12)16/h1-3,10,15H,4-9H2. The van der Waals surface area contributed by atoms with Crippen molar-refractivity contribution in [1.82, 2.24) is 5.32 Å². The topological polar surface area (TPSA) is 44.8 Å². The lowest BCUT2D eigenvalue weighted by molar-refractivity contribution is -0.119. The first-order valence-electron chi connectivity index (χ1n) is 6.98. The summed E-state index contributed by atoms with van der Waals surface area (Å²) in [6.07, 6.45) is 0. The largest absolute Gasteiger partial charge is 0.489 e. The van der Waals surface area contributed by atoms with Crippen LogP contribution in [-0.2, 0) is 4.79 Å². The second kappa shape index (κ2) is 4.86. The molecule has 4 rings (SSSR count). The number of benzene rings is 1. The van der Waals surface area contributed by atoms with Crippen molar-refractivity contribution in [3.05, 3.63) is 18.2 Å². The van der Waals surface area contributed by atoms with Gasteiger partial charge in [0.2, 0.25) is 5.91 Å². The maximum absolute atomic E-state index is 12.7. The number of carbonyl (C=O) groups is 1. The minimum atomic E-state index is -0.0492. The first kappa shape index (κ1) is 12.3. The van der Waals surface area contributed by atoms with Gasteiger partial charge in [-0.25, -0.2) is 0 Å². The van der Waals surface area contributed by atoms with Gasteiger partial charge in [0.15, 0.2) is 0 Å². The van der Waals surface area contributed by atoms with E-state index < -0.39 is 0 Å². The van der Waals surface area contributed by atoms with Crippen LogP contribution in [0.4, 0.5) is 11.4 Å². The van der Waals surface area contributed by atoms with Crippen LogP contribution in [0.5, 0.6) is 5.75 Å². The van der Waals surface area contributed by atoms with Crippen molar-refractivity contribution in [3.63, 3.8) is 0 Å². The second-order valence-electron chi connectivity index (χ2n) is 5.22. The number of para-hydroxylation sites is 1. The van der Waals surface area contributed by atoms with Crippen LogP contribution in [0.25, 0.3) is 0 Å². The van der Waals surface area contributed by atoms with E-state index in [0.717, 1.165) is 55.0 Å². The van der Waals surface area contributed by atoms with Gasteiger partial charge < -0.3 is 14.5 Å². The van der Waals surface area contributed by atoms with E-state index in [0.29, 0.717) is 0 Å². The fourth-order valence-electron chi connectivity index (χ4n) is 3.08. The molecular weight excluding hydrogens is 274 g/mol. The van der Waals surface area contributed by atoms with E-state index in [2.05, 4.69) is 10.2 Å². The van der Waals surface area contributed by atoms with Crippen LogP contribution in [0.1, 0.15) is 0 Å². The van der Waals surface area contributed by atoms with E-state index in [1.54, 1.807) is 11.8 Å². The molecule has 3 heterocycles. The van der Waals surface area contributed by atoms with Crippen molar-refractivity contribution in [2.75, 3.05) is 47.7 Å². The summed E-state index contributed by atoms with van der Waals surface area (Å²) in [4.78, 5) is 16.9. The Bertz CT molecular complexity index is 545. The molecule has 6 heteroatoms. The molecule has 1 unspecified atom stereocenters. The summed E-state index contributed by atoms with van der Waals surface area (Å²) in [6, 6.07) is 5.94. The molecule has 1 fully saturated rings. The van der Waals surface area contributed by atoms with E-state index in [9.17, 15) is 4.79 Å². The highest BCUT2D eigenvalue weighted by molar-refractivity contribution is 7.99. The monoisotopic (exact) mass is 291 g/mol. The Morgan fingerprint density at radius 3 is 3.15 bits per heavy atom. The fraction of sp³-hybridized carbons (Fsp3) is 0.500. The Balaban J connectivity index is 1.71. The number of carbonyl (C=O) groups excluding carboxylic acids is 1. The molecule has 1 saturated heterocycles. The molecule has 0 saturated carbocycles. The Labute approximate surface area is 122 Å². The van der Waals surface area contributed by atoms with E-state index in [-0.39, 0.29) is 11.9 Å². The van der Waals surface area contributed by atoms with E-state index >= 15 is 0 Å². The number of amides is 1. The van der Waals surface area contributed by atoms with Crippen molar-refractivity contribution in [3.8, 4) is 5.75 Å². The highest BCUT2D eigenvalue weighted by Gasteiger charge is 2.35. The first-order valence-corrected chi connectivity index (χ1v) is 8.13. The molecule has 5 nitrogen and oxygen atoms in total. The summed E-state index contributed by atoms with van der Waals surface area (Å²) < 4.78 is 5.72. The van der Waals surface area contributed by atoms with Gasteiger partial charge >= 0.3 is 0 Å². The SMILES string of the molecule is O=C(C1CSCN1)N1CCN2CCOc3cccc1c32. The van der Waals surface area contributed by atoms with Gasteiger partial charge in [0, 0.05) is 24.7 Å². The van der Waals surface area contributed by atoms with Crippen LogP contribution in [0, 0.1) is 0 Å². The molecule has 1 atom stereocenters. The minimum Gasteiger partial charge on any atom is -0.489 e. The number of nitrogens with zero attached hydrogens (tertiary/aromatic N) is 2. The Morgan fingerprint density at radius 2 is 2.30 bits per heavy atom. The summed E-state index contributed by atoms with van der Waals surface area (Å²) >= 11 is 1.78. The van der Waals surface area contributed by atoms with Crippen LogP contribution in [0.2, 0.25) is 0 Å².